The average Bonchev–Trinajstić information content (AvgIpc) is 1.94. The second-order valence-corrected chi connectivity index (χ2v) is 3.52. The van der Waals surface area contributed by atoms with E-state index in [2.05, 4.69) is 4.90 Å². The normalized spacial score (nSPS) is 37.1. The zero-order valence-corrected chi connectivity index (χ0v) is 7.20. The molecular formula is C8H17NO2. The van der Waals surface area contributed by atoms with Gasteiger partial charge in [0.05, 0.1) is 12.2 Å². The molecule has 0 aromatic rings. The second kappa shape index (κ2) is 3.52. The van der Waals surface area contributed by atoms with E-state index in [1.165, 1.54) is 0 Å². The van der Waals surface area contributed by atoms with Crippen LogP contribution in [-0.2, 0) is 0 Å². The maximum absolute atomic E-state index is 9.47. The quantitative estimate of drug-likeness (QED) is 0.551. The monoisotopic (exact) mass is 159 g/mol. The molecule has 0 spiro atoms. The first-order chi connectivity index (χ1) is 5.11. The third kappa shape index (κ3) is 2.15. The Bertz CT molecular complexity index is 127. The summed E-state index contributed by atoms with van der Waals surface area (Å²) in [5.74, 6) is 0.0359. The number of rotatable bonds is 1. The molecule has 0 aromatic carbocycles. The summed E-state index contributed by atoms with van der Waals surface area (Å²) in [5.41, 5.74) is 0. The van der Waals surface area contributed by atoms with Crippen molar-refractivity contribution in [2.45, 2.75) is 25.6 Å². The fourth-order valence-electron chi connectivity index (χ4n) is 1.61. The van der Waals surface area contributed by atoms with Crippen molar-refractivity contribution in [3.05, 3.63) is 0 Å². The minimum Gasteiger partial charge on any atom is -0.393 e. The van der Waals surface area contributed by atoms with Crippen molar-refractivity contribution in [1.82, 2.24) is 4.90 Å². The summed E-state index contributed by atoms with van der Waals surface area (Å²) >= 11 is 0. The molecule has 1 heterocycles. The van der Waals surface area contributed by atoms with E-state index in [-0.39, 0.29) is 12.0 Å². The van der Waals surface area contributed by atoms with Gasteiger partial charge in [-0.05, 0) is 20.4 Å². The first kappa shape index (κ1) is 8.97. The molecule has 1 aliphatic heterocycles. The molecule has 3 nitrogen and oxygen atoms in total. The Kier molecular flexibility index (Phi) is 2.87. The van der Waals surface area contributed by atoms with Crippen molar-refractivity contribution in [1.29, 1.82) is 0 Å². The van der Waals surface area contributed by atoms with Crippen LogP contribution in [0, 0.1) is 5.92 Å². The molecule has 0 saturated carbocycles. The molecule has 1 saturated heterocycles. The highest BCUT2D eigenvalue weighted by atomic mass is 16.3. The predicted octanol–water partition coefficient (Wildman–Crippen LogP) is -0.320. The van der Waals surface area contributed by atoms with Gasteiger partial charge in [-0.2, -0.15) is 0 Å². The molecule has 0 aromatic heterocycles. The Morgan fingerprint density at radius 2 is 2.18 bits per heavy atom. The molecule has 66 valence electrons. The summed E-state index contributed by atoms with van der Waals surface area (Å²) in [6, 6.07) is 0. The van der Waals surface area contributed by atoms with Gasteiger partial charge < -0.3 is 15.1 Å². The van der Waals surface area contributed by atoms with E-state index in [1.54, 1.807) is 6.92 Å². The van der Waals surface area contributed by atoms with E-state index in [0.29, 0.717) is 0 Å². The lowest BCUT2D eigenvalue weighted by atomic mass is 9.91. The summed E-state index contributed by atoms with van der Waals surface area (Å²) in [7, 11) is 2.02. The highest BCUT2D eigenvalue weighted by Gasteiger charge is 2.29. The van der Waals surface area contributed by atoms with Gasteiger partial charge in [0.2, 0.25) is 0 Å². The summed E-state index contributed by atoms with van der Waals surface area (Å²) in [6.07, 6.45) is 0.0745. The van der Waals surface area contributed by atoms with E-state index >= 15 is 0 Å². The standard InChI is InChI=1S/C8H17NO2/c1-6(10)7-5-9(2)4-3-8(7)11/h6-8,10-11H,3-5H2,1-2H3. The van der Waals surface area contributed by atoms with E-state index in [0.717, 1.165) is 19.5 Å². The maximum atomic E-state index is 9.47. The lowest BCUT2D eigenvalue weighted by Crippen LogP contribution is -2.45. The van der Waals surface area contributed by atoms with Crippen molar-refractivity contribution in [2.75, 3.05) is 20.1 Å². The van der Waals surface area contributed by atoms with E-state index in [1.807, 2.05) is 7.05 Å². The van der Waals surface area contributed by atoms with Crippen LogP contribution in [0.4, 0.5) is 0 Å². The van der Waals surface area contributed by atoms with Crippen LogP contribution >= 0.6 is 0 Å². The SMILES string of the molecule is CC(O)C1CN(C)CCC1O. The summed E-state index contributed by atoms with van der Waals surface area (Å²) in [4.78, 5) is 2.14. The first-order valence-electron chi connectivity index (χ1n) is 4.16. The molecule has 3 heteroatoms. The smallest absolute Gasteiger partial charge is 0.0617 e. The summed E-state index contributed by atoms with van der Waals surface area (Å²) < 4.78 is 0. The fourth-order valence-corrected chi connectivity index (χ4v) is 1.61. The molecule has 3 atom stereocenters. The highest BCUT2D eigenvalue weighted by Crippen LogP contribution is 2.18. The van der Waals surface area contributed by atoms with Gasteiger partial charge in [0.15, 0.2) is 0 Å². The van der Waals surface area contributed by atoms with Gasteiger partial charge in [0, 0.05) is 19.0 Å². The number of piperidine rings is 1. The molecular weight excluding hydrogens is 142 g/mol. The van der Waals surface area contributed by atoms with Gasteiger partial charge in [0.1, 0.15) is 0 Å². The highest BCUT2D eigenvalue weighted by molar-refractivity contribution is 4.81. The maximum Gasteiger partial charge on any atom is 0.0617 e. The second-order valence-electron chi connectivity index (χ2n) is 3.52. The van der Waals surface area contributed by atoms with Gasteiger partial charge in [-0.1, -0.05) is 0 Å². The Labute approximate surface area is 67.6 Å². The number of aliphatic hydroxyl groups excluding tert-OH is 2. The Morgan fingerprint density at radius 1 is 1.55 bits per heavy atom. The van der Waals surface area contributed by atoms with E-state index in [9.17, 15) is 10.2 Å². The minimum absolute atomic E-state index is 0.0359. The average molecular weight is 159 g/mol. The van der Waals surface area contributed by atoms with Gasteiger partial charge in [0.25, 0.3) is 0 Å². The molecule has 0 aliphatic carbocycles. The Morgan fingerprint density at radius 3 is 2.64 bits per heavy atom. The molecule has 0 radical (unpaired) electrons. The molecule has 1 rings (SSSR count). The molecule has 0 bridgehead atoms. The number of aliphatic hydroxyl groups is 2. The predicted molar refractivity (Wildman–Crippen MR) is 43.3 cm³/mol. The third-order valence-electron chi connectivity index (χ3n) is 2.44. The third-order valence-corrected chi connectivity index (χ3v) is 2.44. The molecule has 1 aliphatic rings. The fraction of sp³-hybridized carbons (Fsp3) is 1.00. The van der Waals surface area contributed by atoms with Gasteiger partial charge in [-0.15, -0.1) is 0 Å². The van der Waals surface area contributed by atoms with Crippen molar-refractivity contribution in [3.63, 3.8) is 0 Å². The molecule has 0 amide bonds. The number of nitrogens with zero attached hydrogens (tertiary/aromatic N) is 1. The first-order valence-corrected chi connectivity index (χ1v) is 4.16. The summed E-state index contributed by atoms with van der Waals surface area (Å²) in [5, 5.41) is 18.7. The van der Waals surface area contributed by atoms with Crippen LogP contribution in [0.2, 0.25) is 0 Å². The van der Waals surface area contributed by atoms with Gasteiger partial charge in [-0.3, -0.25) is 0 Å². The zero-order chi connectivity index (χ0) is 8.43. The van der Waals surface area contributed by atoms with Crippen LogP contribution in [0.3, 0.4) is 0 Å². The number of likely N-dealkylation sites (tertiary alicyclic amines) is 1. The van der Waals surface area contributed by atoms with E-state index < -0.39 is 6.10 Å². The van der Waals surface area contributed by atoms with Crippen LogP contribution in [0.5, 0.6) is 0 Å². The topological polar surface area (TPSA) is 43.7 Å². The van der Waals surface area contributed by atoms with Crippen LogP contribution in [-0.4, -0.2) is 47.5 Å². The number of hydrogen-bond donors (Lipinski definition) is 2. The van der Waals surface area contributed by atoms with Crippen LogP contribution in [0.1, 0.15) is 13.3 Å². The van der Waals surface area contributed by atoms with Crippen molar-refractivity contribution >= 4 is 0 Å². The lowest BCUT2D eigenvalue weighted by molar-refractivity contribution is -0.0256. The lowest BCUT2D eigenvalue weighted by Gasteiger charge is -2.35. The number of hydrogen-bond acceptors (Lipinski definition) is 3. The largest absolute Gasteiger partial charge is 0.393 e. The van der Waals surface area contributed by atoms with Gasteiger partial charge in [-0.25, -0.2) is 0 Å². The van der Waals surface area contributed by atoms with Crippen LogP contribution < -0.4 is 0 Å². The molecule has 11 heavy (non-hydrogen) atoms. The Hall–Kier alpha value is -0.120. The minimum atomic E-state index is -0.396. The van der Waals surface area contributed by atoms with Crippen molar-refractivity contribution in [3.8, 4) is 0 Å². The van der Waals surface area contributed by atoms with E-state index in [4.69, 9.17) is 0 Å². The summed E-state index contributed by atoms with van der Waals surface area (Å²) in [6.45, 7) is 3.48. The van der Waals surface area contributed by atoms with Crippen molar-refractivity contribution < 1.29 is 10.2 Å². The van der Waals surface area contributed by atoms with Crippen LogP contribution in [0.15, 0.2) is 0 Å². The Balaban J connectivity index is 2.47. The molecule has 1 fully saturated rings. The molecule has 2 N–H and O–H groups in total. The van der Waals surface area contributed by atoms with Crippen LogP contribution in [0.25, 0.3) is 0 Å². The van der Waals surface area contributed by atoms with Gasteiger partial charge >= 0.3 is 0 Å². The molecule has 3 unspecified atom stereocenters. The zero-order valence-electron chi connectivity index (χ0n) is 7.20. The van der Waals surface area contributed by atoms with Crippen molar-refractivity contribution in [2.24, 2.45) is 5.92 Å².